The van der Waals surface area contributed by atoms with Gasteiger partial charge in [-0.15, -0.1) is 0 Å². The third-order valence-corrected chi connectivity index (χ3v) is 3.48. The number of hydrogen-bond donors (Lipinski definition) is 1. The largest absolute Gasteiger partial charge is 0.493 e. The highest BCUT2D eigenvalue weighted by Gasteiger charge is 2.27. The van der Waals surface area contributed by atoms with Gasteiger partial charge in [0.25, 0.3) is 0 Å². The van der Waals surface area contributed by atoms with Crippen LogP contribution in [0.25, 0.3) is 0 Å². The monoisotopic (exact) mass is 274 g/mol. The van der Waals surface area contributed by atoms with Gasteiger partial charge in [-0.3, -0.25) is 5.32 Å². The Bertz CT molecular complexity index is 451. The summed E-state index contributed by atoms with van der Waals surface area (Å²) in [5.41, 5.74) is 0.721. The van der Waals surface area contributed by atoms with Crippen molar-refractivity contribution in [3.63, 3.8) is 0 Å². The molecule has 110 valence electrons. The number of nitriles is 1. The van der Waals surface area contributed by atoms with E-state index in [0.717, 1.165) is 30.6 Å². The maximum absolute atomic E-state index is 9.43. The molecule has 20 heavy (non-hydrogen) atoms. The van der Waals surface area contributed by atoms with Crippen LogP contribution in [0.2, 0.25) is 0 Å². The fourth-order valence-electron chi connectivity index (χ4n) is 2.35. The fourth-order valence-corrected chi connectivity index (χ4v) is 2.35. The molecule has 1 unspecified atom stereocenters. The lowest BCUT2D eigenvalue weighted by atomic mass is 9.91. The highest BCUT2D eigenvalue weighted by Crippen LogP contribution is 2.20. The first kappa shape index (κ1) is 16.5. The van der Waals surface area contributed by atoms with Gasteiger partial charge in [-0.25, -0.2) is 0 Å². The molecule has 0 radical (unpaired) electrons. The molecule has 1 aromatic carbocycles. The first-order chi connectivity index (χ1) is 9.53. The second-order valence-corrected chi connectivity index (χ2v) is 5.56. The van der Waals surface area contributed by atoms with Crippen molar-refractivity contribution in [2.24, 2.45) is 0 Å². The predicted octanol–water partition coefficient (Wildman–Crippen LogP) is 3.82. The minimum absolute atomic E-state index is 0.312. The zero-order chi connectivity index (χ0) is 15.0. The van der Waals surface area contributed by atoms with Crippen LogP contribution in [0, 0.1) is 18.3 Å². The van der Waals surface area contributed by atoms with E-state index in [-0.39, 0.29) is 0 Å². The van der Waals surface area contributed by atoms with Gasteiger partial charge in [-0.05, 0) is 51.7 Å². The molecule has 0 saturated carbocycles. The number of benzene rings is 1. The van der Waals surface area contributed by atoms with Crippen molar-refractivity contribution in [2.75, 3.05) is 6.61 Å². The summed E-state index contributed by atoms with van der Waals surface area (Å²) in [7, 11) is 0. The summed E-state index contributed by atoms with van der Waals surface area (Å²) in [6.07, 6.45) is 2.49. The van der Waals surface area contributed by atoms with E-state index in [2.05, 4.69) is 32.2 Å². The molecule has 0 saturated heterocycles. The van der Waals surface area contributed by atoms with Crippen molar-refractivity contribution in [2.45, 2.75) is 58.5 Å². The van der Waals surface area contributed by atoms with Gasteiger partial charge < -0.3 is 4.74 Å². The summed E-state index contributed by atoms with van der Waals surface area (Å²) < 4.78 is 5.79. The predicted molar refractivity (Wildman–Crippen MR) is 82.8 cm³/mol. The SMILES string of the molecule is CCC(C#N)(CCCOc1ccccc1C)NC(C)C. The summed E-state index contributed by atoms with van der Waals surface area (Å²) in [5.74, 6) is 0.934. The van der Waals surface area contributed by atoms with Crippen LogP contribution in [0.4, 0.5) is 0 Å². The number of para-hydroxylation sites is 1. The highest BCUT2D eigenvalue weighted by molar-refractivity contribution is 5.31. The molecule has 0 aromatic heterocycles. The second-order valence-electron chi connectivity index (χ2n) is 5.56. The van der Waals surface area contributed by atoms with Crippen molar-refractivity contribution in [3.8, 4) is 11.8 Å². The molecule has 0 bridgehead atoms. The standard InChI is InChI=1S/C17H26N2O/c1-5-17(13-18,19-14(2)3)11-8-12-20-16-10-7-6-9-15(16)4/h6-7,9-10,14,19H,5,8,11-12H2,1-4H3. The van der Waals surface area contributed by atoms with Crippen molar-refractivity contribution < 1.29 is 4.74 Å². The van der Waals surface area contributed by atoms with Gasteiger partial charge in [0.1, 0.15) is 11.3 Å². The Hall–Kier alpha value is -1.53. The Morgan fingerprint density at radius 2 is 2.05 bits per heavy atom. The molecule has 0 spiro atoms. The first-order valence-corrected chi connectivity index (χ1v) is 7.40. The number of rotatable bonds is 8. The maximum atomic E-state index is 9.43. The van der Waals surface area contributed by atoms with Gasteiger partial charge in [0.2, 0.25) is 0 Å². The quantitative estimate of drug-likeness (QED) is 0.733. The lowest BCUT2D eigenvalue weighted by Crippen LogP contribution is -2.47. The summed E-state index contributed by atoms with van der Waals surface area (Å²) in [6, 6.07) is 10.8. The third-order valence-electron chi connectivity index (χ3n) is 3.48. The van der Waals surface area contributed by atoms with Crippen LogP contribution in [-0.4, -0.2) is 18.2 Å². The van der Waals surface area contributed by atoms with Crippen LogP contribution < -0.4 is 10.1 Å². The summed E-state index contributed by atoms with van der Waals surface area (Å²) >= 11 is 0. The molecule has 0 heterocycles. The lowest BCUT2D eigenvalue weighted by molar-refractivity contribution is 0.268. The molecule has 3 heteroatoms. The highest BCUT2D eigenvalue weighted by atomic mass is 16.5. The van der Waals surface area contributed by atoms with Crippen LogP contribution >= 0.6 is 0 Å². The number of nitrogens with one attached hydrogen (secondary N) is 1. The number of nitrogens with zero attached hydrogens (tertiary/aromatic N) is 1. The van der Waals surface area contributed by atoms with Gasteiger partial charge in [0.15, 0.2) is 0 Å². The zero-order valence-electron chi connectivity index (χ0n) is 13.1. The Morgan fingerprint density at radius 1 is 1.35 bits per heavy atom. The van der Waals surface area contributed by atoms with Crippen LogP contribution in [0.1, 0.15) is 45.6 Å². The van der Waals surface area contributed by atoms with E-state index in [0.29, 0.717) is 12.6 Å². The summed E-state index contributed by atoms with van der Waals surface area (Å²) in [5, 5.41) is 12.8. The van der Waals surface area contributed by atoms with E-state index in [1.165, 1.54) is 0 Å². The van der Waals surface area contributed by atoms with E-state index in [1.807, 2.05) is 31.2 Å². The van der Waals surface area contributed by atoms with Gasteiger partial charge in [0, 0.05) is 6.04 Å². The minimum Gasteiger partial charge on any atom is -0.493 e. The molecular formula is C17H26N2O. The average Bonchev–Trinajstić information content (AvgIpc) is 2.43. The second kappa shape index (κ2) is 7.91. The number of aryl methyl sites for hydroxylation is 1. The van der Waals surface area contributed by atoms with Crippen molar-refractivity contribution in [3.05, 3.63) is 29.8 Å². The van der Waals surface area contributed by atoms with Crippen LogP contribution in [0.15, 0.2) is 24.3 Å². The molecule has 3 nitrogen and oxygen atoms in total. The Morgan fingerprint density at radius 3 is 2.60 bits per heavy atom. The van der Waals surface area contributed by atoms with E-state index in [4.69, 9.17) is 4.74 Å². The smallest absolute Gasteiger partial charge is 0.122 e. The first-order valence-electron chi connectivity index (χ1n) is 7.40. The molecular weight excluding hydrogens is 248 g/mol. The lowest BCUT2D eigenvalue weighted by Gasteiger charge is -2.29. The molecule has 1 aromatic rings. The van der Waals surface area contributed by atoms with Crippen LogP contribution in [0.3, 0.4) is 0 Å². The molecule has 0 amide bonds. The zero-order valence-corrected chi connectivity index (χ0v) is 13.1. The van der Waals surface area contributed by atoms with Gasteiger partial charge in [-0.1, -0.05) is 25.1 Å². The third kappa shape index (κ3) is 4.86. The molecule has 1 N–H and O–H groups in total. The molecule has 0 fully saturated rings. The van der Waals surface area contributed by atoms with Crippen molar-refractivity contribution >= 4 is 0 Å². The Balaban J connectivity index is 2.46. The number of ether oxygens (including phenoxy) is 1. The van der Waals surface area contributed by atoms with Crippen molar-refractivity contribution in [1.29, 1.82) is 5.26 Å². The van der Waals surface area contributed by atoms with E-state index < -0.39 is 5.54 Å². The molecule has 1 atom stereocenters. The molecule has 0 aliphatic rings. The molecule has 0 aliphatic heterocycles. The number of hydrogen-bond acceptors (Lipinski definition) is 3. The fraction of sp³-hybridized carbons (Fsp3) is 0.588. The van der Waals surface area contributed by atoms with Gasteiger partial charge in [0.05, 0.1) is 12.7 Å². The normalized spacial score (nSPS) is 13.8. The Kier molecular flexibility index (Phi) is 6.54. The summed E-state index contributed by atoms with van der Waals surface area (Å²) in [6.45, 7) is 8.90. The Labute approximate surface area is 123 Å². The average molecular weight is 274 g/mol. The topological polar surface area (TPSA) is 45.0 Å². The van der Waals surface area contributed by atoms with Crippen LogP contribution in [-0.2, 0) is 0 Å². The van der Waals surface area contributed by atoms with Crippen LogP contribution in [0.5, 0.6) is 5.75 Å². The minimum atomic E-state index is -0.427. The van der Waals surface area contributed by atoms with Gasteiger partial charge >= 0.3 is 0 Å². The van der Waals surface area contributed by atoms with E-state index >= 15 is 0 Å². The molecule has 1 rings (SSSR count). The van der Waals surface area contributed by atoms with Gasteiger partial charge in [-0.2, -0.15) is 5.26 Å². The van der Waals surface area contributed by atoms with Crippen molar-refractivity contribution in [1.82, 2.24) is 5.32 Å². The maximum Gasteiger partial charge on any atom is 0.122 e. The van der Waals surface area contributed by atoms with E-state index in [9.17, 15) is 5.26 Å². The summed E-state index contributed by atoms with van der Waals surface area (Å²) in [4.78, 5) is 0. The van der Waals surface area contributed by atoms with E-state index in [1.54, 1.807) is 0 Å². The molecule has 0 aliphatic carbocycles.